The molecule has 0 unspecified atom stereocenters. The summed E-state index contributed by atoms with van der Waals surface area (Å²) in [5, 5.41) is 21.5. The van der Waals surface area contributed by atoms with Gasteiger partial charge in [0.1, 0.15) is 0 Å². The molecule has 5 N–H and O–H groups in total. The standard InChI is InChI=1S/C14H25BN2O5/c16-8-9-1-3-10(4-2-9)14(20)17-12-6-5-11(7-13(18)19)22-15(12)21/h9-12,21H,1-8,16H2,(H,17,20)(H,18,19)/t9-,10-,11-,12-/m0/s1. The lowest BCUT2D eigenvalue weighted by Crippen LogP contribution is -2.54. The lowest BCUT2D eigenvalue weighted by Gasteiger charge is -2.33. The molecule has 1 heterocycles. The number of rotatable bonds is 5. The summed E-state index contributed by atoms with van der Waals surface area (Å²) in [6, 6.07) is 0. The molecule has 8 heteroatoms. The number of nitrogens with one attached hydrogen (secondary N) is 1. The number of carbonyl (C=O) groups is 2. The van der Waals surface area contributed by atoms with Crippen molar-refractivity contribution in [1.82, 2.24) is 5.32 Å². The maximum Gasteiger partial charge on any atom is 0.478 e. The first-order valence-electron chi connectivity index (χ1n) is 8.05. The van der Waals surface area contributed by atoms with Crippen molar-refractivity contribution in [3.8, 4) is 0 Å². The van der Waals surface area contributed by atoms with E-state index in [4.69, 9.17) is 15.5 Å². The molecule has 0 aromatic carbocycles. The molecule has 1 saturated heterocycles. The fourth-order valence-electron chi connectivity index (χ4n) is 3.32. The van der Waals surface area contributed by atoms with E-state index in [0.717, 1.165) is 25.7 Å². The fraction of sp³-hybridized carbons (Fsp3) is 0.857. The molecular weight excluding hydrogens is 287 g/mol. The summed E-state index contributed by atoms with van der Waals surface area (Å²) in [6.45, 7) is 0.675. The van der Waals surface area contributed by atoms with Gasteiger partial charge in [0.15, 0.2) is 0 Å². The van der Waals surface area contributed by atoms with Gasteiger partial charge in [0, 0.05) is 5.92 Å². The second kappa shape index (κ2) is 7.94. The minimum absolute atomic E-state index is 0.0215. The Morgan fingerprint density at radius 3 is 2.41 bits per heavy atom. The molecule has 2 aliphatic rings. The molecule has 2 fully saturated rings. The molecule has 124 valence electrons. The minimum Gasteiger partial charge on any atom is -0.481 e. The Hall–Kier alpha value is -1.12. The Bertz CT molecular complexity index is 401. The highest BCUT2D eigenvalue weighted by molar-refractivity contribution is 6.45. The number of carboxylic acids is 1. The number of nitrogens with two attached hydrogens (primary N) is 1. The summed E-state index contributed by atoms with van der Waals surface area (Å²) >= 11 is 0. The van der Waals surface area contributed by atoms with Crippen LogP contribution in [0.2, 0.25) is 0 Å². The lowest BCUT2D eigenvalue weighted by atomic mass is 9.71. The van der Waals surface area contributed by atoms with Crippen LogP contribution in [0.15, 0.2) is 0 Å². The molecule has 1 aliphatic carbocycles. The van der Waals surface area contributed by atoms with Crippen molar-refractivity contribution < 1.29 is 24.4 Å². The highest BCUT2D eigenvalue weighted by atomic mass is 16.5. The van der Waals surface area contributed by atoms with E-state index in [-0.39, 0.29) is 18.2 Å². The van der Waals surface area contributed by atoms with Gasteiger partial charge in [-0.15, -0.1) is 0 Å². The van der Waals surface area contributed by atoms with E-state index in [1.807, 2.05) is 0 Å². The van der Waals surface area contributed by atoms with Crippen LogP contribution in [0.5, 0.6) is 0 Å². The van der Waals surface area contributed by atoms with E-state index in [0.29, 0.717) is 25.3 Å². The normalized spacial score (nSPS) is 32.5. The van der Waals surface area contributed by atoms with E-state index in [2.05, 4.69) is 5.32 Å². The van der Waals surface area contributed by atoms with Gasteiger partial charge in [-0.3, -0.25) is 9.59 Å². The highest BCUT2D eigenvalue weighted by Crippen LogP contribution is 2.28. The third-order valence-electron chi connectivity index (χ3n) is 4.76. The van der Waals surface area contributed by atoms with Gasteiger partial charge in [-0.25, -0.2) is 0 Å². The summed E-state index contributed by atoms with van der Waals surface area (Å²) in [5.41, 5.74) is 5.65. The molecular formula is C14H25BN2O5. The molecule has 22 heavy (non-hydrogen) atoms. The van der Waals surface area contributed by atoms with Crippen LogP contribution < -0.4 is 11.1 Å². The molecule has 1 amide bonds. The van der Waals surface area contributed by atoms with Crippen molar-refractivity contribution in [2.75, 3.05) is 6.54 Å². The predicted octanol–water partition coefficient (Wildman–Crippen LogP) is -0.0903. The molecule has 2 rings (SSSR count). The van der Waals surface area contributed by atoms with Gasteiger partial charge in [-0.1, -0.05) is 0 Å². The first kappa shape index (κ1) is 17.2. The first-order valence-corrected chi connectivity index (χ1v) is 8.05. The Kier molecular flexibility index (Phi) is 6.22. The van der Waals surface area contributed by atoms with Crippen LogP contribution >= 0.6 is 0 Å². The molecule has 1 saturated carbocycles. The van der Waals surface area contributed by atoms with Crippen LogP contribution in [0.25, 0.3) is 0 Å². The Morgan fingerprint density at radius 1 is 1.18 bits per heavy atom. The largest absolute Gasteiger partial charge is 0.481 e. The van der Waals surface area contributed by atoms with Crippen LogP contribution in [-0.4, -0.2) is 47.7 Å². The number of aliphatic carboxylic acids is 1. The zero-order valence-corrected chi connectivity index (χ0v) is 12.7. The first-order chi connectivity index (χ1) is 10.5. The zero-order valence-electron chi connectivity index (χ0n) is 12.7. The Morgan fingerprint density at radius 2 is 1.86 bits per heavy atom. The molecule has 0 radical (unpaired) electrons. The average molecular weight is 312 g/mol. The predicted molar refractivity (Wildman–Crippen MR) is 80.8 cm³/mol. The summed E-state index contributed by atoms with van der Waals surface area (Å²) in [5.74, 6) is -0.947. The summed E-state index contributed by atoms with van der Waals surface area (Å²) < 4.78 is 5.28. The van der Waals surface area contributed by atoms with E-state index in [1.165, 1.54) is 0 Å². The Labute approximate surface area is 130 Å². The third-order valence-corrected chi connectivity index (χ3v) is 4.76. The molecule has 7 nitrogen and oxygen atoms in total. The minimum atomic E-state index is -1.14. The van der Waals surface area contributed by atoms with Crippen LogP contribution in [0.3, 0.4) is 0 Å². The summed E-state index contributed by atoms with van der Waals surface area (Å²) in [4.78, 5) is 22.9. The number of hydrogen-bond donors (Lipinski definition) is 4. The lowest BCUT2D eigenvalue weighted by molar-refractivity contribution is -0.139. The highest BCUT2D eigenvalue weighted by Gasteiger charge is 2.38. The Balaban J connectivity index is 1.76. The van der Waals surface area contributed by atoms with Crippen LogP contribution in [0.1, 0.15) is 44.9 Å². The number of hydrogen-bond acceptors (Lipinski definition) is 5. The SMILES string of the molecule is NC[C@H]1CC[C@H](C(=O)N[C@H]2CC[C@@H](CC(=O)O)OB2O)CC1. The topological polar surface area (TPSA) is 122 Å². The number of amides is 1. The van der Waals surface area contributed by atoms with Gasteiger partial charge in [-0.05, 0) is 51.0 Å². The number of carbonyl (C=O) groups excluding carboxylic acids is 1. The second-order valence-electron chi connectivity index (χ2n) is 6.39. The third kappa shape index (κ3) is 4.69. The van der Waals surface area contributed by atoms with Gasteiger partial charge < -0.3 is 25.8 Å². The number of carboxylic acid groups (broad SMARTS) is 1. The van der Waals surface area contributed by atoms with Crippen molar-refractivity contribution in [2.24, 2.45) is 17.6 Å². The van der Waals surface area contributed by atoms with Gasteiger partial charge >= 0.3 is 13.1 Å². The van der Waals surface area contributed by atoms with E-state index in [1.54, 1.807) is 0 Å². The van der Waals surface area contributed by atoms with E-state index in [9.17, 15) is 14.6 Å². The fourth-order valence-corrected chi connectivity index (χ4v) is 3.32. The monoisotopic (exact) mass is 312 g/mol. The van der Waals surface area contributed by atoms with Gasteiger partial charge in [-0.2, -0.15) is 0 Å². The molecule has 0 spiro atoms. The molecule has 0 aromatic heterocycles. The smallest absolute Gasteiger partial charge is 0.478 e. The average Bonchev–Trinajstić information content (AvgIpc) is 2.49. The van der Waals surface area contributed by atoms with Crippen molar-refractivity contribution in [3.05, 3.63) is 0 Å². The van der Waals surface area contributed by atoms with E-state index < -0.39 is 25.1 Å². The second-order valence-corrected chi connectivity index (χ2v) is 6.39. The van der Waals surface area contributed by atoms with Crippen LogP contribution in [-0.2, 0) is 14.2 Å². The molecule has 0 aromatic rings. The maximum absolute atomic E-state index is 12.3. The van der Waals surface area contributed by atoms with Crippen molar-refractivity contribution in [2.45, 2.75) is 57.0 Å². The molecule has 0 bridgehead atoms. The van der Waals surface area contributed by atoms with Crippen LogP contribution in [0, 0.1) is 11.8 Å². The van der Waals surface area contributed by atoms with Crippen molar-refractivity contribution in [1.29, 1.82) is 0 Å². The van der Waals surface area contributed by atoms with Gasteiger partial charge in [0.05, 0.1) is 18.5 Å². The van der Waals surface area contributed by atoms with Crippen molar-refractivity contribution in [3.63, 3.8) is 0 Å². The van der Waals surface area contributed by atoms with Gasteiger partial charge in [0.25, 0.3) is 0 Å². The molecule has 2 atom stereocenters. The van der Waals surface area contributed by atoms with Crippen LogP contribution in [0.4, 0.5) is 0 Å². The van der Waals surface area contributed by atoms with Gasteiger partial charge in [0.2, 0.25) is 5.91 Å². The van der Waals surface area contributed by atoms with E-state index >= 15 is 0 Å². The zero-order chi connectivity index (χ0) is 16.1. The van der Waals surface area contributed by atoms with Crippen molar-refractivity contribution >= 4 is 19.0 Å². The maximum atomic E-state index is 12.3. The summed E-state index contributed by atoms with van der Waals surface area (Å²) in [6.07, 6.45) is 4.05. The quantitative estimate of drug-likeness (QED) is 0.526. The summed E-state index contributed by atoms with van der Waals surface area (Å²) in [7, 11) is -1.14. The molecule has 1 aliphatic heterocycles.